The predicted octanol–water partition coefficient (Wildman–Crippen LogP) is 4.05. The molecule has 0 aromatic carbocycles. The highest BCUT2D eigenvalue weighted by Crippen LogP contribution is 2.28. The molecule has 0 saturated heterocycles. The van der Waals surface area contributed by atoms with Gasteiger partial charge >= 0.3 is 0 Å². The van der Waals surface area contributed by atoms with Crippen molar-refractivity contribution in [1.82, 2.24) is 4.98 Å². The van der Waals surface area contributed by atoms with Crippen LogP contribution in [0.5, 0.6) is 5.75 Å². The molecule has 0 bridgehead atoms. The molecule has 1 aliphatic carbocycles. The van der Waals surface area contributed by atoms with Crippen molar-refractivity contribution < 1.29 is 23.7 Å². The Hall–Kier alpha value is -2.27. The van der Waals surface area contributed by atoms with Gasteiger partial charge in [0.05, 0.1) is 44.0 Å². The summed E-state index contributed by atoms with van der Waals surface area (Å²) in [5.41, 5.74) is 5.67. The Balaban J connectivity index is 0.000000633. The first-order valence-corrected chi connectivity index (χ1v) is 11.4. The molecule has 0 radical (unpaired) electrons. The van der Waals surface area contributed by atoms with Gasteiger partial charge in [-0.1, -0.05) is 12.8 Å². The average Bonchev–Trinajstić information content (AvgIpc) is 2.75. The van der Waals surface area contributed by atoms with E-state index in [9.17, 15) is 0 Å². The summed E-state index contributed by atoms with van der Waals surface area (Å²) in [6.45, 7) is 12.5. The molecular formula is C25H40N2O5. The maximum absolute atomic E-state index is 5.88. The molecule has 1 aliphatic rings. The van der Waals surface area contributed by atoms with Gasteiger partial charge in [-0.3, -0.25) is 0 Å². The molecule has 1 aromatic rings. The summed E-state index contributed by atoms with van der Waals surface area (Å²) < 4.78 is 27.3. The van der Waals surface area contributed by atoms with E-state index in [1.54, 1.807) is 6.20 Å². The van der Waals surface area contributed by atoms with E-state index in [1.807, 2.05) is 32.9 Å². The number of rotatable bonds is 12. The minimum absolute atomic E-state index is 0.0453. The second-order valence-corrected chi connectivity index (χ2v) is 7.68. The molecule has 0 amide bonds. The van der Waals surface area contributed by atoms with Crippen molar-refractivity contribution in [2.75, 3.05) is 26.4 Å². The Morgan fingerprint density at radius 2 is 1.97 bits per heavy atom. The van der Waals surface area contributed by atoms with Gasteiger partial charge < -0.3 is 29.4 Å². The van der Waals surface area contributed by atoms with Gasteiger partial charge in [0.2, 0.25) is 0 Å². The number of nitrogens with two attached hydrogens (primary N) is 1. The third-order valence-electron chi connectivity index (χ3n) is 4.27. The van der Waals surface area contributed by atoms with Crippen molar-refractivity contribution >= 4 is 0 Å². The van der Waals surface area contributed by atoms with Crippen LogP contribution < -0.4 is 10.5 Å². The molecule has 7 nitrogen and oxygen atoms in total. The zero-order chi connectivity index (χ0) is 23.6. The Morgan fingerprint density at radius 1 is 1.19 bits per heavy atom. The molecule has 1 unspecified atom stereocenters. The summed E-state index contributed by atoms with van der Waals surface area (Å²) >= 11 is 0. The Kier molecular flexibility index (Phi) is 15.0. The third kappa shape index (κ3) is 13.2. The predicted molar refractivity (Wildman–Crippen MR) is 126 cm³/mol. The fourth-order valence-electron chi connectivity index (χ4n) is 2.71. The maximum Gasteiger partial charge on any atom is 0.138 e. The van der Waals surface area contributed by atoms with Crippen molar-refractivity contribution in [3.8, 4) is 17.6 Å². The largest absolute Gasteiger partial charge is 0.500 e. The molecule has 0 spiro atoms. The van der Waals surface area contributed by atoms with Crippen LogP contribution in [0, 0.1) is 11.8 Å². The molecular weight excluding hydrogens is 408 g/mol. The summed E-state index contributed by atoms with van der Waals surface area (Å²) in [4.78, 5) is 4.31. The third-order valence-corrected chi connectivity index (χ3v) is 4.27. The van der Waals surface area contributed by atoms with Gasteiger partial charge in [0.15, 0.2) is 0 Å². The number of aromatic nitrogens is 1. The molecule has 2 rings (SSSR count). The van der Waals surface area contributed by atoms with E-state index < -0.39 is 0 Å². The van der Waals surface area contributed by atoms with Gasteiger partial charge in [0.25, 0.3) is 0 Å². The molecule has 0 aliphatic heterocycles. The molecule has 180 valence electrons. The monoisotopic (exact) mass is 448 g/mol. The lowest BCUT2D eigenvalue weighted by Crippen LogP contribution is -2.40. The first-order chi connectivity index (χ1) is 15.5. The van der Waals surface area contributed by atoms with Crippen molar-refractivity contribution in [1.29, 1.82) is 0 Å². The number of pyridine rings is 1. The molecule has 1 fully saturated rings. The molecule has 1 heterocycles. The van der Waals surface area contributed by atoms with Gasteiger partial charge in [0, 0.05) is 25.6 Å². The normalized spacial score (nSPS) is 18.2. The van der Waals surface area contributed by atoms with E-state index in [0.717, 1.165) is 31.6 Å². The van der Waals surface area contributed by atoms with E-state index in [2.05, 4.69) is 30.7 Å². The first kappa shape index (κ1) is 27.8. The molecule has 1 aromatic heterocycles. The van der Waals surface area contributed by atoms with Gasteiger partial charge in [-0.25, -0.2) is 4.98 Å². The van der Waals surface area contributed by atoms with E-state index in [4.69, 9.17) is 29.4 Å². The molecule has 7 heteroatoms. The van der Waals surface area contributed by atoms with E-state index in [0.29, 0.717) is 31.6 Å². The fourth-order valence-corrected chi connectivity index (χ4v) is 2.71. The van der Waals surface area contributed by atoms with Gasteiger partial charge in [-0.15, -0.1) is 0 Å². The quantitative estimate of drug-likeness (QED) is 0.293. The molecule has 2 N–H and O–H groups in total. The van der Waals surface area contributed by atoms with Crippen LogP contribution in [-0.4, -0.2) is 55.8 Å². The van der Waals surface area contributed by atoms with Crippen molar-refractivity contribution in [2.45, 2.75) is 78.3 Å². The van der Waals surface area contributed by atoms with E-state index in [-0.39, 0.29) is 18.3 Å². The van der Waals surface area contributed by atoms with Crippen LogP contribution in [0.1, 0.15) is 59.6 Å². The van der Waals surface area contributed by atoms with Crippen molar-refractivity contribution in [2.24, 2.45) is 5.73 Å². The van der Waals surface area contributed by atoms with Crippen LogP contribution >= 0.6 is 0 Å². The smallest absolute Gasteiger partial charge is 0.138 e. The van der Waals surface area contributed by atoms with Gasteiger partial charge in [0.1, 0.15) is 24.2 Å². The van der Waals surface area contributed by atoms with Crippen LogP contribution in [0.25, 0.3) is 0 Å². The Labute approximate surface area is 193 Å². The zero-order valence-electron chi connectivity index (χ0n) is 20.2. The molecule has 1 atom stereocenters. The van der Waals surface area contributed by atoms with Crippen LogP contribution in [0.4, 0.5) is 0 Å². The summed E-state index contributed by atoms with van der Waals surface area (Å²) in [7, 11) is 0. The number of nitrogens with zero attached hydrogens (tertiary/aromatic N) is 1. The summed E-state index contributed by atoms with van der Waals surface area (Å²) in [6.07, 6.45) is 8.38. The van der Waals surface area contributed by atoms with Gasteiger partial charge in [-0.05, 0) is 52.2 Å². The van der Waals surface area contributed by atoms with Crippen molar-refractivity contribution in [3.05, 3.63) is 36.5 Å². The molecule has 32 heavy (non-hydrogen) atoms. The highest BCUT2D eigenvalue weighted by atomic mass is 16.5. The Bertz CT molecular complexity index is 676. The topological polar surface area (TPSA) is 85.1 Å². The highest BCUT2D eigenvalue weighted by Gasteiger charge is 2.32. The Morgan fingerprint density at radius 3 is 2.56 bits per heavy atom. The first-order valence-electron chi connectivity index (χ1n) is 11.4. The highest BCUT2D eigenvalue weighted by molar-refractivity contribution is 5.31. The molecule has 1 saturated carbocycles. The minimum atomic E-state index is 0.0453. The second-order valence-electron chi connectivity index (χ2n) is 7.68. The standard InChI is InChI=1S/C20H29NO4.C5H11NO/c1-5-22-14-16(4)23-10-6-7-17-8-9-18(13-21-17)25-20-11-19(12-20)24-15(2)3;1-2-4-7-5-3-6/h8-9,13,15-16,19-20H,5,10-12,14H2,1-4H3;3,5H,2,4,6H2,1H3/b;5-3+. The second kappa shape index (κ2) is 17.3. The maximum atomic E-state index is 5.88. The summed E-state index contributed by atoms with van der Waals surface area (Å²) in [6, 6.07) is 3.78. The van der Waals surface area contributed by atoms with Crippen molar-refractivity contribution in [3.63, 3.8) is 0 Å². The summed E-state index contributed by atoms with van der Waals surface area (Å²) in [5, 5.41) is 0. The van der Waals surface area contributed by atoms with Crippen LogP contribution in [0.15, 0.2) is 30.8 Å². The van der Waals surface area contributed by atoms with Gasteiger partial charge in [-0.2, -0.15) is 0 Å². The fraction of sp³-hybridized carbons (Fsp3) is 0.640. The lowest BCUT2D eigenvalue weighted by molar-refractivity contribution is -0.0850. The van der Waals surface area contributed by atoms with Crippen LogP contribution in [0.2, 0.25) is 0 Å². The SMILES string of the molecule is CCCO/C=C/N.CCOCC(C)OCC#Cc1ccc(OC2CC(OC(C)C)C2)cn1. The minimum Gasteiger partial charge on any atom is -0.500 e. The van der Waals surface area contributed by atoms with E-state index >= 15 is 0 Å². The average molecular weight is 449 g/mol. The lowest BCUT2D eigenvalue weighted by Gasteiger charge is -2.36. The number of ether oxygens (including phenoxy) is 5. The lowest BCUT2D eigenvalue weighted by atomic mass is 9.92. The van der Waals surface area contributed by atoms with Crippen LogP contribution in [-0.2, 0) is 18.9 Å². The number of hydrogen-bond donors (Lipinski definition) is 1. The van der Waals surface area contributed by atoms with Crippen LogP contribution in [0.3, 0.4) is 0 Å². The number of hydrogen-bond acceptors (Lipinski definition) is 7. The zero-order valence-corrected chi connectivity index (χ0v) is 20.2. The summed E-state index contributed by atoms with van der Waals surface area (Å²) in [5.74, 6) is 6.74. The van der Waals surface area contributed by atoms with E-state index in [1.165, 1.54) is 12.5 Å².